The van der Waals surface area contributed by atoms with Crippen molar-refractivity contribution in [3.05, 3.63) is 17.8 Å². The molecule has 1 aromatic rings. The fourth-order valence-corrected chi connectivity index (χ4v) is 2.83. The van der Waals surface area contributed by atoms with Crippen molar-refractivity contribution in [3.8, 4) is 5.88 Å². The van der Waals surface area contributed by atoms with E-state index in [4.69, 9.17) is 4.74 Å². The predicted molar refractivity (Wildman–Crippen MR) is 69.3 cm³/mol. The smallest absolute Gasteiger partial charge is 0.233 e. The van der Waals surface area contributed by atoms with Gasteiger partial charge in [0, 0.05) is 6.07 Å². The molecule has 0 spiro atoms. The summed E-state index contributed by atoms with van der Waals surface area (Å²) in [7, 11) is 1.56. The normalized spacial score (nSPS) is 25.7. The van der Waals surface area contributed by atoms with E-state index in [1.165, 1.54) is 19.3 Å². The minimum Gasteiger partial charge on any atom is -0.480 e. The molecule has 3 atom stereocenters. The van der Waals surface area contributed by atoms with Gasteiger partial charge in [0.15, 0.2) is 0 Å². The van der Waals surface area contributed by atoms with Gasteiger partial charge in [0.2, 0.25) is 5.88 Å². The zero-order valence-corrected chi connectivity index (χ0v) is 11.2. The van der Waals surface area contributed by atoms with Gasteiger partial charge in [0.1, 0.15) is 6.10 Å². The van der Waals surface area contributed by atoms with Crippen LogP contribution in [0, 0.1) is 11.8 Å². The molecular weight excluding hydrogens is 228 g/mol. The van der Waals surface area contributed by atoms with Gasteiger partial charge in [-0.3, -0.25) is 0 Å². The Hall–Kier alpha value is -1.16. The second-order valence-electron chi connectivity index (χ2n) is 5.15. The first-order valence-electron chi connectivity index (χ1n) is 6.80. The largest absolute Gasteiger partial charge is 0.480 e. The Balaban J connectivity index is 2.02. The second-order valence-corrected chi connectivity index (χ2v) is 5.15. The lowest BCUT2D eigenvalue weighted by atomic mass is 9.77. The van der Waals surface area contributed by atoms with E-state index in [-0.39, 0.29) is 0 Å². The number of hydrogen-bond donors (Lipinski definition) is 1. The van der Waals surface area contributed by atoms with Gasteiger partial charge in [-0.05, 0) is 30.7 Å². The molecule has 4 nitrogen and oxygen atoms in total. The second kappa shape index (κ2) is 6.14. The lowest BCUT2D eigenvalue weighted by Crippen LogP contribution is -2.22. The van der Waals surface area contributed by atoms with Gasteiger partial charge in [-0.1, -0.05) is 26.2 Å². The SMILES string of the molecule is CCC1CCCC(C(O)c2ccc(OC)nn2)C1. The molecule has 0 aromatic carbocycles. The highest BCUT2D eigenvalue weighted by Crippen LogP contribution is 2.37. The summed E-state index contributed by atoms with van der Waals surface area (Å²) in [5, 5.41) is 18.3. The number of methoxy groups -OCH3 is 1. The Kier molecular flexibility index (Phi) is 4.53. The molecular formula is C14H22N2O2. The number of aliphatic hydroxyl groups excluding tert-OH is 1. The van der Waals surface area contributed by atoms with Crippen LogP contribution in [0.3, 0.4) is 0 Å². The summed E-state index contributed by atoms with van der Waals surface area (Å²) >= 11 is 0. The molecule has 3 unspecified atom stereocenters. The van der Waals surface area contributed by atoms with Gasteiger partial charge >= 0.3 is 0 Å². The summed E-state index contributed by atoms with van der Waals surface area (Å²) in [5.74, 6) is 1.57. The summed E-state index contributed by atoms with van der Waals surface area (Å²) in [5.41, 5.74) is 0.664. The van der Waals surface area contributed by atoms with Crippen molar-refractivity contribution in [2.24, 2.45) is 11.8 Å². The molecule has 1 saturated carbocycles. The van der Waals surface area contributed by atoms with Gasteiger partial charge in [-0.15, -0.1) is 10.2 Å². The highest BCUT2D eigenvalue weighted by molar-refractivity contribution is 5.13. The zero-order chi connectivity index (χ0) is 13.0. The van der Waals surface area contributed by atoms with E-state index < -0.39 is 6.10 Å². The van der Waals surface area contributed by atoms with Crippen LogP contribution in [0.15, 0.2) is 12.1 Å². The molecule has 0 amide bonds. The van der Waals surface area contributed by atoms with Gasteiger partial charge in [-0.25, -0.2) is 0 Å². The molecule has 100 valence electrons. The van der Waals surface area contributed by atoms with E-state index in [2.05, 4.69) is 17.1 Å². The van der Waals surface area contributed by atoms with Crippen molar-refractivity contribution < 1.29 is 9.84 Å². The Bertz CT molecular complexity index is 367. The van der Waals surface area contributed by atoms with E-state index >= 15 is 0 Å². The molecule has 0 aliphatic heterocycles. The Morgan fingerprint density at radius 2 is 2.22 bits per heavy atom. The van der Waals surface area contributed by atoms with Gasteiger partial charge in [0.05, 0.1) is 12.8 Å². The number of hydrogen-bond acceptors (Lipinski definition) is 4. The summed E-state index contributed by atoms with van der Waals surface area (Å²) in [6.45, 7) is 2.23. The fraction of sp³-hybridized carbons (Fsp3) is 0.714. The minimum atomic E-state index is -0.488. The Labute approximate surface area is 108 Å². The van der Waals surface area contributed by atoms with Gasteiger partial charge in [0.25, 0.3) is 0 Å². The third-order valence-corrected chi connectivity index (χ3v) is 4.02. The number of aliphatic hydroxyl groups is 1. The third-order valence-electron chi connectivity index (χ3n) is 4.02. The monoisotopic (exact) mass is 250 g/mol. The first-order chi connectivity index (χ1) is 8.74. The van der Waals surface area contributed by atoms with E-state index in [0.717, 1.165) is 18.8 Å². The zero-order valence-electron chi connectivity index (χ0n) is 11.2. The lowest BCUT2D eigenvalue weighted by molar-refractivity contribution is 0.0637. The molecule has 1 heterocycles. The summed E-state index contributed by atoms with van der Waals surface area (Å²) < 4.78 is 4.97. The first kappa shape index (κ1) is 13.3. The molecule has 18 heavy (non-hydrogen) atoms. The topological polar surface area (TPSA) is 55.2 Å². The molecule has 4 heteroatoms. The summed E-state index contributed by atoms with van der Waals surface area (Å²) in [4.78, 5) is 0. The number of aromatic nitrogens is 2. The summed E-state index contributed by atoms with van der Waals surface area (Å²) in [6, 6.07) is 3.57. The molecule has 0 radical (unpaired) electrons. The quantitative estimate of drug-likeness (QED) is 0.892. The van der Waals surface area contributed by atoms with Crippen molar-refractivity contribution in [2.45, 2.75) is 45.1 Å². The molecule has 1 aliphatic carbocycles. The summed E-state index contributed by atoms with van der Waals surface area (Å²) in [6.07, 6.45) is 5.42. The molecule has 0 bridgehead atoms. The number of rotatable bonds is 4. The van der Waals surface area contributed by atoms with Crippen LogP contribution in [0.5, 0.6) is 5.88 Å². The van der Waals surface area contributed by atoms with E-state index in [9.17, 15) is 5.11 Å². The van der Waals surface area contributed by atoms with E-state index in [1.807, 2.05) is 6.07 Å². The van der Waals surface area contributed by atoms with Crippen molar-refractivity contribution in [3.63, 3.8) is 0 Å². The van der Waals surface area contributed by atoms with Crippen LogP contribution in [-0.4, -0.2) is 22.4 Å². The number of nitrogens with zero attached hydrogens (tertiary/aromatic N) is 2. The highest BCUT2D eigenvalue weighted by Gasteiger charge is 2.28. The van der Waals surface area contributed by atoms with Crippen LogP contribution in [0.25, 0.3) is 0 Å². The van der Waals surface area contributed by atoms with Crippen LogP contribution in [-0.2, 0) is 0 Å². The highest BCUT2D eigenvalue weighted by atomic mass is 16.5. The van der Waals surface area contributed by atoms with Crippen molar-refractivity contribution in [1.82, 2.24) is 10.2 Å². The van der Waals surface area contributed by atoms with Crippen LogP contribution in [0.4, 0.5) is 0 Å². The maximum absolute atomic E-state index is 10.4. The molecule has 1 N–H and O–H groups in total. The molecule has 2 rings (SSSR count). The first-order valence-corrected chi connectivity index (χ1v) is 6.80. The maximum Gasteiger partial charge on any atom is 0.233 e. The Morgan fingerprint density at radius 1 is 1.39 bits per heavy atom. The standard InChI is InChI=1S/C14H22N2O2/c1-3-10-5-4-6-11(9-10)14(17)12-7-8-13(18-2)16-15-12/h7-8,10-11,14,17H,3-6,9H2,1-2H3. The van der Waals surface area contributed by atoms with Crippen molar-refractivity contribution in [2.75, 3.05) is 7.11 Å². The third kappa shape index (κ3) is 2.99. The molecule has 1 aliphatic rings. The fourth-order valence-electron chi connectivity index (χ4n) is 2.83. The van der Waals surface area contributed by atoms with Crippen molar-refractivity contribution >= 4 is 0 Å². The minimum absolute atomic E-state index is 0.325. The average molecular weight is 250 g/mol. The van der Waals surface area contributed by atoms with Crippen LogP contribution >= 0.6 is 0 Å². The average Bonchev–Trinajstić information content (AvgIpc) is 2.46. The predicted octanol–water partition coefficient (Wildman–Crippen LogP) is 2.74. The van der Waals surface area contributed by atoms with E-state index in [1.54, 1.807) is 13.2 Å². The van der Waals surface area contributed by atoms with Crippen LogP contribution < -0.4 is 4.74 Å². The van der Waals surface area contributed by atoms with Crippen LogP contribution in [0.1, 0.15) is 50.8 Å². The lowest BCUT2D eigenvalue weighted by Gasteiger charge is -2.31. The molecule has 0 saturated heterocycles. The maximum atomic E-state index is 10.4. The molecule has 1 fully saturated rings. The van der Waals surface area contributed by atoms with E-state index in [0.29, 0.717) is 17.5 Å². The molecule has 1 aromatic heterocycles. The Morgan fingerprint density at radius 3 is 2.83 bits per heavy atom. The van der Waals surface area contributed by atoms with Crippen molar-refractivity contribution in [1.29, 1.82) is 0 Å². The van der Waals surface area contributed by atoms with Gasteiger partial charge < -0.3 is 9.84 Å². The number of ether oxygens (including phenoxy) is 1. The van der Waals surface area contributed by atoms with Crippen LogP contribution in [0.2, 0.25) is 0 Å². The van der Waals surface area contributed by atoms with Gasteiger partial charge in [-0.2, -0.15) is 0 Å².